The van der Waals surface area contributed by atoms with Crippen LogP contribution in [0.1, 0.15) is 131 Å². The Balaban J connectivity index is 0.000000191. The lowest BCUT2D eigenvalue weighted by Crippen LogP contribution is -2.68. The molecule has 2 fully saturated rings. The van der Waals surface area contributed by atoms with Crippen molar-refractivity contribution in [2.45, 2.75) is 116 Å². The van der Waals surface area contributed by atoms with E-state index >= 15 is 0 Å². The SMILES string of the molecule is CC(C)(C)OC(=O)n1ccc2c(-c3cc(C(=O)c4nc5nc(N6CCC(O)CC6)ccc5[nH]4)ccc3C#N)cncc21.CC(C)(C)OC(=O)n1ccc2c(-c3cc(C(=O)c4nc5nc(N6CCC(O[Si](c7ccccc7)(c7ccccc7)C(C)(C)C)CC6)ccc5[nH]4)ccc3C#N)cncc21. The fourth-order valence-corrected chi connectivity index (χ4v) is 18.1. The molecule has 2 saturated heterocycles. The van der Waals surface area contributed by atoms with E-state index < -0.39 is 31.7 Å². The number of imidazole rings is 2. The minimum atomic E-state index is -2.68. The number of ketones is 2. The highest BCUT2D eigenvalue weighted by Gasteiger charge is 2.51. The molecule has 0 atom stereocenters. The number of aliphatic hydroxyl groups excluding tert-OH is 1. The summed E-state index contributed by atoms with van der Waals surface area (Å²) in [4.78, 5) is 91.3. The molecule has 22 nitrogen and oxygen atoms in total. The van der Waals surface area contributed by atoms with Gasteiger partial charge in [-0.15, -0.1) is 0 Å². The Bertz CT molecular complexity index is 5200. The number of hydrogen-bond acceptors (Lipinski definition) is 18. The minimum Gasteiger partial charge on any atom is -0.443 e. The molecule has 8 aromatic heterocycles. The maximum atomic E-state index is 14.0. The second-order valence-corrected chi connectivity index (χ2v) is 32.7. The molecule has 101 heavy (non-hydrogen) atoms. The predicted octanol–water partition coefficient (Wildman–Crippen LogP) is 13.2. The zero-order chi connectivity index (χ0) is 71.1. The topological polar surface area (TPSA) is 289 Å². The van der Waals surface area contributed by atoms with Crippen molar-refractivity contribution >= 4 is 98.2 Å². The number of anilines is 2. The highest BCUT2D eigenvalue weighted by atomic mass is 28.4. The molecule has 10 heterocycles. The molecule has 23 heteroatoms. The van der Waals surface area contributed by atoms with Crippen LogP contribution in [0.2, 0.25) is 5.04 Å². The van der Waals surface area contributed by atoms with E-state index in [1.807, 2.05) is 24.3 Å². The van der Waals surface area contributed by atoms with E-state index in [9.17, 15) is 34.8 Å². The van der Waals surface area contributed by atoms with E-state index in [1.165, 1.54) is 19.5 Å². The van der Waals surface area contributed by atoms with Gasteiger partial charge >= 0.3 is 12.2 Å². The number of H-pyrrole nitrogens is 2. The molecule has 0 saturated carbocycles. The zero-order valence-corrected chi connectivity index (χ0v) is 58.6. The molecule has 0 aliphatic carbocycles. The number of nitrogens with zero attached hydrogens (tertiary/aromatic N) is 12. The number of aromatic amines is 2. The summed E-state index contributed by atoms with van der Waals surface area (Å²) in [6, 6.07) is 46.8. The first-order valence-electron chi connectivity index (χ1n) is 33.6. The van der Waals surface area contributed by atoms with Gasteiger partial charge in [0, 0.05) is 101 Å². The van der Waals surface area contributed by atoms with Crippen LogP contribution in [0, 0.1) is 22.7 Å². The first-order chi connectivity index (χ1) is 48.4. The number of aromatic nitrogens is 10. The van der Waals surface area contributed by atoms with Gasteiger partial charge in [0.2, 0.25) is 11.6 Å². The summed E-state index contributed by atoms with van der Waals surface area (Å²) >= 11 is 0. The average Bonchev–Trinajstić information content (AvgIpc) is 1.73. The van der Waals surface area contributed by atoms with E-state index in [0.717, 1.165) is 37.6 Å². The van der Waals surface area contributed by atoms with E-state index in [4.69, 9.17) is 18.9 Å². The van der Waals surface area contributed by atoms with E-state index in [-0.39, 0.29) is 40.5 Å². The summed E-state index contributed by atoms with van der Waals surface area (Å²) < 4.78 is 21.3. The van der Waals surface area contributed by atoms with Crippen molar-refractivity contribution in [1.29, 1.82) is 10.5 Å². The number of nitrogens with one attached hydrogen (secondary N) is 2. The number of rotatable bonds is 12. The fraction of sp³-hybridized carbons (Fsp3) is 0.282. The number of pyridine rings is 4. The highest BCUT2D eigenvalue weighted by Crippen LogP contribution is 2.40. The van der Waals surface area contributed by atoms with Gasteiger partial charge < -0.3 is 38.8 Å². The van der Waals surface area contributed by atoms with Crippen LogP contribution in [0.25, 0.3) is 66.4 Å². The summed E-state index contributed by atoms with van der Waals surface area (Å²) in [5.41, 5.74) is 5.43. The van der Waals surface area contributed by atoms with Crippen molar-refractivity contribution in [3.8, 4) is 34.4 Å². The van der Waals surface area contributed by atoms with Crippen LogP contribution < -0.4 is 20.2 Å². The lowest BCUT2D eigenvalue weighted by molar-refractivity contribution is 0.0533. The average molecular weight is 1370 g/mol. The predicted molar refractivity (Wildman–Crippen MR) is 389 cm³/mol. The summed E-state index contributed by atoms with van der Waals surface area (Å²) in [5, 5.41) is 33.6. The van der Waals surface area contributed by atoms with Gasteiger partial charge in [-0.1, -0.05) is 81.4 Å². The smallest absolute Gasteiger partial charge is 0.419 e. The van der Waals surface area contributed by atoms with Gasteiger partial charge in [0.1, 0.15) is 22.8 Å². The lowest BCUT2D eigenvalue weighted by Gasteiger charge is -2.46. The number of benzene rings is 4. The Morgan fingerprint density at radius 3 is 1.33 bits per heavy atom. The third-order valence-corrected chi connectivity index (χ3v) is 23.3. The standard InChI is InChI=1S/C47H47N7O4Si.C31H29N7O4/c1-46(2,3)57-45(56)54-26-23-36-38(29-49-30-40(36)54)37-27-31(17-18-32(37)28-48)42(55)44-50-39-19-20-41(51-43(39)52-44)53-24-21-33(22-25-53)58-59(47(4,5)6,34-13-9-7-10-14-34)35-15-11-8-12-16-35;1-31(2,3)42-30(41)38-13-10-21-23(16-33-17-25(21)38)22-14-18(4-5-19(22)15-32)27(40)29-34-24-6-7-26(35-28(24)36-29)37-11-8-20(39)9-12-37/h7-20,23,26-27,29-30,33H,21-22,24-25H2,1-6H3,(H,50,51,52);4-7,10,13-14,16-17,20,39H,8-9,11-12H2,1-3H3,(H,34,35,36). The first kappa shape index (κ1) is 68.0. The summed E-state index contributed by atoms with van der Waals surface area (Å²) in [6.07, 6.45) is 11.4. The van der Waals surface area contributed by atoms with Crippen LogP contribution in [0.5, 0.6) is 0 Å². The van der Waals surface area contributed by atoms with E-state index in [2.05, 4.69) is 138 Å². The molecule has 14 rings (SSSR count). The number of fused-ring (bicyclic) bond motifs is 4. The normalized spacial score (nSPS) is 14.2. The monoisotopic (exact) mass is 1360 g/mol. The fourth-order valence-electron chi connectivity index (χ4n) is 13.3. The van der Waals surface area contributed by atoms with Crippen LogP contribution in [0.3, 0.4) is 0 Å². The molecule has 12 aromatic rings. The highest BCUT2D eigenvalue weighted by molar-refractivity contribution is 6.99. The summed E-state index contributed by atoms with van der Waals surface area (Å²) in [6.45, 7) is 20.7. The van der Waals surface area contributed by atoms with E-state index in [1.54, 1.807) is 127 Å². The number of hydrogen-bond donors (Lipinski definition) is 3. The maximum Gasteiger partial charge on any atom is 0.419 e. The minimum absolute atomic E-state index is 0.0841. The van der Waals surface area contributed by atoms with Crippen molar-refractivity contribution in [1.82, 2.24) is 49.0 Å². The molecule has 2 aliphatic heterocycles. The zero-order valence-electron chi connectivity index (χ0n) is 57.6. The van der Waals surface area contributed by atoms with Crippen LogP contribution in [0.4, 0.5) is 21.2 Å². The van der Waals surface area contributed by atoms with Gasteiger partial charge in [-0.2, -0.15) is 10.5 Å². The number of aliphatic hydroxyl groups is 1. The van der Waals surface area contributed by atoms with Crippen LogP contribution >= 0.6 is 0 Å². The molecule has 0 spiro atoms. The summed E-state index contributed by atoms with van der Waals surface area (Å²) in [7, 11) is -2.68. The van der Waals surface area contributed by atoms with Crippen molar-refractivity contribution in [3.05, 3.63) is 205 Å². The molecule has 0 amide bonds. The molecular weight excluding hydrogens is 1290 g/mol. The van der Waals surface area contributed by atoms with Gasteiger partial charge in [-0.05, 0) is 155 Å². The number of nitriles is 2. The Labute approximate surface area is 584 Å². The number of ether oxygens (including phenoxy) is 2. The molecular formula is C78H76N14O8Si. The maximum absolute atomic E-state index is 14.0. The van der Waals surface area contributed by atoms with Crippen LogP contribution in [-0.4, -0.2) is 136 Å². The Hall–Kier alpha value is -11.5. The number of piperidine rings is 2. The first-order valence-corrected chi connectivity index (χ1v) is 35.5. The van der Waals surface area contributed by atoms with Gasteiger partial charge in [0.05, 0.1) is 63.8 Å². The largest absolute Gasteiger partial charge is 0.443 e. The molecule has 4 aromatic carbocycles. The number of carbonyl (C=O) groups excluding carboxylic acids is 4. The van der Waals surface area contributed by atoms with Crippen molar-refractivity contribution in [2.24, 2.45) is 0 Å². The van der Waals surface area contributed by atoms with Crippen LogP contribution in [0.15, 0.2) is 171 Å². The third kappa shape index (κ3) is 13.9. The van der Waals surface area contributed by atoms with Gasteiger partial charge in [-0.25, -0.2) is 29.5 Å². The van der Waals surface area contributed by atoms with Gasteiger partial charge in [0.25, 0.3) is 8.32 Å². The van der Waals surface area contributed by atoms with Gasteiger partial charge in [0.15, 0.2) is 22.9 Å². The molecule has 0 bridgehead atoms. The van der Waals surface area contributed by atoms with Gasteiger partial charge in [-0.3, -0.25) is 28.7 Å². The molecule has 0 radical (unpaired) electrons. The second-order valence-electron chi connectivity index (χ2n) is 28.4. The lowest BCUT2D eigenvalue weighted by atomic mass is 9.95. The Kier molecular flexibility index (Phi) is 18.4. The summed E-state index contributed by atoms with van der Waals surface area (Å²) in [5.74, 6) is 1.12. The van der Waals surface area contributed by atoms with E-state index in [0.29, 0.717) is 115 Å². The van der Waals surface area contributed by atoms with Crippen molar-refractivity contribution < 1.29 is 38.2 Å². The Morgan fingerprint density at radius 2 is 0.931 bits per heavy atom. The molecule has 3 N–H and O–H groups in total. The van der Waals surface area contributed by atoms with Crippen LogP contribution in [-0.2, 0) is 13.9 Å². The van der Waals surface area contributed by atoms with Crippen molar-refractivity contribution in [3.63, 3.8) is 0 Å². The molecule has 0 unspecified atom stereocenters. The quantitative estimate of drug-likeness (QED) is 0.0756. The number of carbonyl (C=O) groups is 4. The second kappa shape index (κ2) is 27.3. The molecule has 2 aliphatic rings. The Morgan fingerprint density at radius 1 is 0.515 bits per heavy atom. The van der Waals surface area contributed by atoms with Crippen molar-refractivity contribution in [2.75, 3.05) is 36.0 Å². The third-order valence-electron chi connectivity index (χ3n) is 18.2. The molecule has 510 valence electrons.